The lowest BCUT2D eigenvalue weighted by Crippen LogP contribution is -2.46. The minimum Gasteiger partial charge on any atom is -0.481 e. The van der Waals surface area contributed by atoms with E-state index in [1.807, 2.05) is 0 Å². The predicted octanol–water partition coefficient (Wildman–Crippen LogP) is 5.40. The van der Waals surface area contributed by atoms with Crippen molar-refractivity contribution in [3.8, 4) is 0 Å². The van der Waals surface area contributed by atoms with Gasteiger partial charge in [0.15, 0.2) is 0 Å². The second kappa shape index (κ2) is 10.8. The first-order valence-electron chi connectivity index (χ1n) is 11.6. The van der Waals surface area contributed by atoms with E-state index in [-0.39, 0.29) is 27.7 Å². The molecule has 3 aromatic carbocycles. The molecule has 4 atom stereocenters. The molecule has 0 saturated carbocycles. The highest BCUT2D eigenvalue weighted by Gasteiger charge is 2.52. The van der Waals surface area contributed by atoms with Crippen LogP contribution in [0.15, 0.2) is 60.7 Å². The average molecular weight is 548 g/mol. The van der Waals surface area contributed by atoms with Gasteiger partial charge in [-0.2, -0.15) is 0 Å². The Morgan fingerprint density at radius 2 is 1.86 bits per heavy atom. The van der Waals surface area contributed by atoms with E-state index in [1.165, 1.54) is 30.3 Å². The van der Waals surface area contributed by atoms with Crippen LogP contribution in [-0.4, -0.2) is 29.6 Å². The number of hydrogen-bond acceptors (Lipinski definition) is 4. The Morgan fingerprint density at radius 3 is 2.49 bits per heavy atom. The van der Waals surface area contributed by atoms with E-state index in [2.05, 4.69) is 10.6 Å². The molecular formula is C27H25Cl2F2N3O3. The number of amides is 1. The fourth-order valence-corrected chi connectivity index (χ4v) is 5.31. The summed E-state index contributed by atoms with van der Waals surface area (Å²) in [4.78, 5) is 24.9. The topological polar surface area (TPSA) is 104 Å². The maximum Gasteiger partial charge on any atom is 0.310 e. The second-order valence-electron chi connectivity index (χ2n) is 9.05. The predicted molar refractivity (Wildman–Crippen MR) is 139 cm³/mol. The first-order chi connectivity index (χ1) is 17.6. The van der Waals surface area contributed by atoms with Gasteiger partial charge in [-0.05, 0) is 47.9 Å². The highest BCUT2D eigenvalue weighted by atomic mass is 35.5. The number of anilines is 1. The van der Waals surface area contributed by atoms with Crippen molar-refractivity contribution >= 4 is 40.8 Å². The lowest BCUT2D eigenvalue weighted by molar-refractivity contribution is -0.138. The van der Waals surface area contributed by atoms with Crippen LogP contribution in [0, 0.1) is 11.6 Å². The summed E-state index contributed by atoms with van der Waals surface area (Å²) in [6.45, 7) is 1.74. The van der Waals surface area contributed by atoms with Gasteiger partial charge in [-0.3, -0.25) is 9.59 Å². The van der Waals surface area contributed by atoms with E-state index < -0.39 is 46.9 Å². The van der Waals surface area contributed by atoms with Gasteiger partial charge in [0, 0.05) is 28.7 Å². The lowest BCUT2D eigenvalue weighted by Gasteiger charge is -2.34. The van der Waals surface area contributed by atoms with Crippen molar-refractivity contribution in [1.29, 1.82) is 0 Å². The van der Waals surface area contributed by atoms with E-state index in [0.29, 0.717) is 17.7 Å². The van der Waals surface area contributed by atoms with Crippen molar-refractivity contribution in [3.63, 3.8) is 0 Å². The minimum atomic E-state index is -1.51. The number of nitrogens with one attached hydrogen (secondary N) is 2. The highest BCUT2D eigenvalue weighted by molar-refractivity contribution is 6.31. The number of benzene rings is 3. The largest absolute Gasteiger partial charge is 0.481 e. The number of hydrogen-bond donors (Lipinski definition) is 4. The number of halogens is 4. The van der Waals surface area contributed by atoms with Crippen LogP contribution in [-0.2, 0) is 15.1 Å². The summed E-state index contributed by atoms with van der Waals surface area (Å²) in [6, 6.07) is 13.8. The summed E-state index contributed by atoms with van der Waals surface area (Å²) in [7, 11) is 0. The molecule has 0 aliphatic carbocycles. The van der Waals surface area contributed by atoms with E-state index >= 15 is 8.78 Å². The minimum absolute atomic E-state index is 0.0318. The van der Waals surface area contributed by atoms with Crippen LogP contribution in [0.1, 0.15) is 41.9 Å². The van der Waals surface area contributed by atoms with Crippen molar-refractivity contribution in [3.05, 3.63) is 99.0 Å². The van der Waals surface area contributed by atoms with Crippen molar-refractivity contribution in [2.24, 2.45) is 5.73 Å². The Morgan fingerprint density at radius 1 is 1.16 bits per heavy atom. The summed E-state index contributed by atoms with van der Waals surface area (Å²) in [6.07, 6.45) is 0.416. The van der Waals surface area contributed by atoms with E-state index in [0.717, 1.165) is 6.07 Å². The smallest absolute Gasteiger partial charge is 0.310 e. The number of carboxylic acid groups (broad SMARTS) is 1. The van der Waals surface area contributed by atoms with Crippen LogP contribution < -0.4 is 16.4 Å². The zero-order valence-electron chi connectivity index (χ0n) is 19.8. The molecule has 0 spiro atoms. The maximum absolute atomic E-state index is 15.2. The molecule has 0 bridgehead atoms. The molecule has 1 aliphatic rings. The first kappa shape index (κ1) is 27.0. The van der Waals surface area contributed by atoms with Crippen LogP contribution in [0.3, 0.4) is 0 Å². The van der Waals surface area contributed by atoms with Gasteiger partial charge in [0.05, 0.1) is 22.5 Å². The average Bonchev–Trinajstić information content (AvgIpc) is 3.20. The standard InChI is InChI=1S/C27H25Cl2F2N3O3/c1-2-17(26(36)37)14-6-9-16(10-7-14)34-25(35)24-22(18-4-3-5-20(29)23(18)31)27(32,13-33-24)19-11-8-15(28)12-21(19)30/h3-12,17,22,24,33H,2,13,32H2,1H3,(H,34,35)(H,36,37)/t17-,22+,24-,27+/m1/s1. The van der Waals surface area contributed by atoms with Crippen molar-refractivity contribution in [2.45, 2.75) is 36.8 Å². The quantitative estimate of drug-likeness (QED) is 0.317. The van der Waals surface area contributed by atoms with Gasteiger partial charge in [0.1, 0.15) is 11.6 Å². The number of rotatable bonds is 7. The molecule has 4 rings (SSSR count). The van der Waals surface area contributed by atoms with Gasteiger partial charge in [-0.1, -0.05) is 60.5 Å². The summed E-state index contributed by atoms with van der Waals surface area (Å²) in [5.74, 6) is -4.58. The molecule has 1 fully saturated rings. The second-order valence-corrected chi connectivity index (χ2v) is 9.90. The number of carboxylic acids is 1. The fourth-order valence-electron chi connectivity index (χ4n) is 4.97. The molecule has 0 aromatic heterocycles. The van der Waals surface area contributed by atoms with Gasteiger partial charge >= 0.3 is 5.97 Å². The van der Waals surface area contributed by atoms with Gasteiger partial charge in [0.2, 0.25) is 5.91 Å². The molecule has 6 nitrogen and oxygen atoms in total. The molecule has 10 heteroatoms. The summed E-state index contributed by atoms with van der Waals surface area (Å²) in [5, 5.41) is 15.2. The zero-order valence-corrected chi connectivity index (χ0v) is 21.3. The highest BCUT2D eigenvalue weighted by Crippen LogP contribution is 2.44. The fraction of sp³-hybridized carbons (Fsp3) is 0.259. The normalized spacial score (nSPS) is 22.0. The van der Waals surface area contributed by atoms with E-state index in [1.54, 1.807) is 31.2 Å². The molecule has 0 unspecified atom stereocenters. The Hall–Kier alpha value is -3.04. The van der Waals surface area contributed by atoms with Gasteiger partial charge < -0.3 is 21.5 Å². The van der Waals surface area contributed by atoms with Gasteiger partial charge in [-0.15, -0.1) is 0 Å². The van der Waals surface area contributed by atoms with Crippen molar-refractivity contribution in [2.75, 3.05) is 11.9 Å². The van der Waals surface area contributed by atoms with Crippen LogP contribution in [0.4, 0.5) is 14.5 Å². The molecule has 1 saturated heterocycles. The molecular weight excluding hydrogens is 523 g/mol. The number of carbonyl (C=O) groups excluding carboxylic acids is 1. The third kappa shape index (κ3) is 5.20. The van der Waals surface area contributed by atoms with Gasteiger partial charge in [-0.25, -0.2) is 8.78 Å². The molecule has 1 aliphatic heterocycles. The Kier molecular flexibility index (Phi) is 7.85. The first-order valence-corrected chi connectivity index (χ1v) is 12.4. The summed E-state index contributed by atoms with van der Waals surface area (Å²) >= 11 is 12.0. The maximum atomic E-state index is 15.2. The summed E-state index contributed by atoms with van der Waals surface area (Å²) in [5.41, 5.74) is 6.40. The Bertz CT molecular complexity index is 1340. The van der Waals surface area contributed by atoms with Crippen LogP contribution in [0.25, 0.3) is 0 Å². The Labute approximate surface area is 222 Å². The molecule has 5 N–H and O–H groups in total. The molecule has 1 amide bonds. The lowest BCUT2D eigenvalue weighted by atomic mass is 9.74. The number of aliphatic carboxylic acids is 1. The van der Waals surface area contributed by atoms with Crippen molar-refractivity contribution < 1.29 is 23.5 Å². The summed E-state index contributed by atoms with van der Waals surface area (Å²) < 4.78 is 30.3. The third-order valence-corrected chi connectivity index (χ3v) is 7.35. The molecule has 1 heterocycles. The van der Waals surface area contributed by atoms with Crippen LogP contribution in [0.2, 0.25) is 10.0 Å². The Balaban J connectivity index is 1.69. The molecule has 194 valence electrons. The molecule has 37 heavy (non-hydrogen) atoms. The zero-order chi connectivity index (χ0) is 26.9. The van der Waals surface area contributed by atoms with E-state index in [4.69, 9.17) is 28.9 Å². The van der Waals surface area contributed by atoms with Crippen LogP contribution in [0.5, 0.6) is 0 Å². The van der Waals surface area contributed by atoms with Crippen LogP contribution >= 0.6 is 23.2 Å². The number of nitrogens with two attached hydrogens (primary N) is 1. The third-order valence-electron chi connectivity index (χ3n) is 6.82. The van der Waals surface area contributed by atoms with E-state index in [9.17, 15) is 14.7 Å². The van der Waals surface area contributed by atoms with Gasteiger partial charge in [0.25, 0.3) is 0 Å². The molecule has 3 aromatic rings. The number of carbonyl (C=O) groups is 2. The molecule has 0 radical (unpaired) electrons. The SMILES string of the molecule is CC[C@@H](C(=O)O)c1ccc(NC(=O)[C@@H]2NC[C@](N)(c3ccc(Cl)cc3F)[C@H]2c2cccc(Cl)c2F)cc1. The monoisotopic (exact) mass is 547 g/mol. The van der Waals surface area contributed by atoms with Crippen molar-refractivity contribution in [1.82, 2.24) is 5.32 Å².